The van der Waals surface area contributed by atoms with Gasteiger partial charge < -0.3 is 17.7 Å². The van der Waals surface area contributed by atoms with E-state index in [1.807, 2.05) is 0 Å². The smallest absolute Gasteiger partial charge is 0.496 e. The van der Waals surface area contributed by atoms with Gasteiger partial charge in [-0.1, -0.05) is 35.8 Å². The number of fused-ring (bicyclic) bond motifs is 1. The molecular weight excluding hydrogens is 291 g/mol. The monoisotopic (exact) mass is 304 g/mol. The van der Waals surface area contributed by atoms with Crippen molar-refractivity contribution < 1.29 is 69.1 Å². The third-order valence-electron chi connectivity index (χ3n) is 3.43. The molecule has 0 unspecified atom stereocenters. The van der Waals surface area contributed by atoms with Gasteiger partial charge in [0.25, 0.3) is 0 Å². The van der Waals surface area contributed by atoms with Gasteiger partial charge in [0.2, 0.25) is 0 Å². The van der Waals surface area contributed by atoms with E-state index >= 15 is 0 Å². The average Bonchev–Trinajstić information content (AvgIpc) is 3.18. The molecule has 0 N–H and O–H groups in total. The second-order valence-electron chi connectivity index (χ2n) is 5.03. The summed E-state index contributed by atoms with van der Waals surface area (Å²) < 4.78 is 45.3. The molecule has 1 aliphatic carbocycles. The van der Waals surface area contributed by atoms with Crippen molar-refractivity contribution in [1.82, 2.24) is 0 Å². The number of hydrogen-bond donors (Lipinski definition) is 0. The van der Waals surface area contributed by atoms with Gasteiger partial charge in [0.1, 0.15) is 0 Å². The van der Waals surface area contributed by atoms with Crippen LogP contribution >= 0.6 is 0 Å². The second kappa shape index (κ2) is 6.40. The van der Waals surface area contributed by atoms with E-state index in [2.05, 4.69) is 0 Å². The Morgan fingerprint density at radius 1 is 1.05 bits per heavy atom. The number of benzene rings is 2. The van der Waals surface area contributed by atoms with Gasteiger partial charge in [-0.25, -0.2) is 0 Å². The molecule has 1 aliphatic rings. The summed E-state index contributed by atoms with van der Waals surface area (Å²) in [7, 11) is 0. The Morgan fingerprint density at radius 3 is 2.40 bits per heavy atom. The van der Waals surface area contributed by atoms with Crippen molar-refractivity contribution in [2.75, 3.05) is 6.61 Å². The molecule has 100 valence electrons. The van der Waals surface area contributed by atoms with Crippen molar-refractivity contribution in [2.24, 2.45) is 5.92 Å². The molecule has 0 saturated heterocycles. The van der Waals surface area contributed by atoms with Crippen molar-refractivity contribution in [3.63, 3.8) is 0 Å². The minimum atomic E-state index is -5.09. The van der Waals surface area contributed by atoms with Crippen molar-refractivity contribution in [1.29, 1.82) is 0 Å². The van der Waals surface area contributed by atoms with E-state index in [0.717, 1.165) is 12.8 Å². The molecule has 0 aliphatic heterocycles. The number of rotatable bonds is 4. The van der Waals surface area contributed by atoms with Crippen LogP contribution in [0.15, 0.2) is 36.4 Å². The zero-order valence-corrected chi connectivity index (χ0v) is 14.4. The Kier molecular flexibility index (Phi) is 5.24. The third-order valence-corrected chi connectivity index (χ3v) is 3.43. The fourth-order valence-electron chi connectivity index (χ4n) is 2.23. The summed E-state index contributed by atoms with van der Waals surface area (Å²) in [6.07, 6.45) is 2.11. The summed E-state index contributed by atoms with van der Waals surface area (Å²) in [5, 5.41) is 0.818. The molecule has 0 bridgehead atoms. The zero-order chi connectivity index (χ0) is 13.5. The molecule has 1 fully saturated rings. The van der Waals surface area contributed by atoms with Crippen molar-refractivity contribution in [2.45, 2.75) is 12.8 Å². The van der Waals surface area contributed by atoms with Crippen molar-refractivity contribution >= 4 is 23.2 Å². The molecule has 0 atom stereocenters. The Balaban J connectivity index is 0.00000147. The molecule has 0 heterocycles. The summed E-state index contributed by atoms with van der Waals surface area (Å²) in [4.78, 5) is 0. The molecule has 20 heavy (non-hydrogen) atoms. The molecule has 1 nitrogen and oxygen atoms in total. The van der Waals surface area contributed by atoms with E-state index in [9.17, 15) is 12.9 Å². The zero-order valence-electron chi connectivity index (χ0n) is 11.3. The van der Waals surface area contributed by atoms with Crippen LogP contribution in [0.1, 0.15) is 12.8 Å². The van der Waals surface area contributed by atoms with Gasteiger partial charge in [-0.3, -0.25) is 0 Å². The maximum atomic E-state index is 13.3. The van der Waals surface area contributed by atoms with Gasteiger partial charge in [-0.15, -0.1) is 0 Å². The quantitative estimate of drug-likeness (QED) is 0.755. The van der Waals surface area contributed by atoms with Gasteiger partial charge >= 0.3 is 58.4 Å². The fraction of sp³-hybridized carbons (Fsp3) is 0.286. The van der Waals surface area contributed by atoms with Gasteiger partial charge in [0.05, 0.1) is 12.4 Å². The van der Waals surface area contributed by atoms with E-state index < -0.39 is 12.4 Å². The van der Waals surface area contributed by atoms with E-state index in [4.69, 9.17) is 4.74 Å². The number of hydrogen-bond acceptors (Lipinski definition) is 1. The van der Waals surface area contributed by atoms with Crippen LogP contribution in [0.4, 0.5) is 12.9 Å². The first kappa shape index (κ1) is 16.4. The van der Waals surface area contributed by atoms with Crippen LogP contribution in [0.2, 0.25) is 0 Å². The SMILES string of the molecule is F[B-](F)(F)c1c(OCC2CC2)ccc2ccccc12.[K+]. The Bertz CT molecular complexity index is 611. The van der Waals surface area contributed by atoms with Gasteiger partial charge in [-0.2, -0.15) is 0 Å². The Morgan fingerprint density at radius 2 is 1.75 bits per heavy atom. The van der Waals surface area contributed by atoms with Gasteiger partial charge in [0, 0.05) is 0 Å². The van der Waals surface area contributed by atoms with Crippen molar-refractivity contribution in [3.8, 4) is 5.75 Å². The first-order chi connectivity index (χ1) is 9.05. The number of ether oxygens (including phenoxy) is 1. The molecule has 2 aromatic carbocycles. The molecule has 0 spiro atoms. The molecule has 6 heteroatoms. The van der Waals surface area contributed by atoms with Gasteiger partial charge in [-0.05, 0) is 35.6 Å². The summed E-state index contributed by atoms with van der Waals surface area (Å²) >= 11 is 0. The van der Waals surface area contributed by atoms with Gasteiger partial charge in [0.15, 0.2) is 0 Å². The number of halogens is 3. The minimum absolute atomic E-state index is 0. The standard InChI is InChI=1S/C14H13BF3O.K/c16-15(17,18)14-12-4-2-1-3-11(12)7-8-13(14)19-9-10-5-6-10;/h1-4,7-8,10H,5-6,9H2;/q-1;+1. The van der Waals surface area contributed by atoms with Crippen LogP contribution in [0.25, 0.3) is 10.8 Å². The summed E-state index contributed by atoms with van der Waals surface area (Å²) in [5.74, 6) is 0.401. The fourth-order valence-corrected chi connectivity index (χ4v) is 2.23. The van der Waals surface area contributed by atoms with E-state index in [0.29, 0.717) is 17.9 Å². The Labute approximate surface area is 158 Å². The van der Waals surface area contributed by atoms with Crippen LogP contribution < -0.4 is 61.6 Å². The molecule has 1 saturated carbocycles. The van der Waals surface area contributed by atoms with Crippen LogP contribution in [0.3, 0.4) is 0 Å². The van der Waals surface area contributed by atoms with E-state index in [1.54, 1.807) is 24.3 Å². The van der Waals surface area contributed by atoms with E-state index in [1.165, 1.54) is 12.1 Å². The third kappa shape index (κ3) is 3.60. The van der Waals surface area contributed by atoms with E-state index in [-0.39, 0.29) is 62.5 Å². The maximum Gasteiger partial charge on any atom is 1.00 e. The predicted molar refractivity (Wildman–Crippen MR) is 70.9 cm³/mol. The maximum absolute atomic E-state index is 13.3. The molecule has 0 aromatic heterocycles. The first-order valence-corrected chi connectivity index (χ1v) is 6.40. The predicted octanol–water partition coefficient (Wildman–Crippen LogP) is 0.687. The molecule has 0 radical (unpaired) electrons. The normalized spacial score (nSPS) is 14.9. The molecule has 2 aromatic rings. The Hall–Kier alpha value is -0.00870. The van der Waals surface area contributed by atoms with Crippen LogP contribution in [0, 0.1) is 5.92 Å². The minimum Gasteiger partial charge on any atom is -0.496 e. The van der Waals surface area contributed by atoms with Crippen LogP contribution in [-0.4, -0.2) is 13.6 Å². The largest absolute Gasteiger partial charge is 1.00 e. The molecule has 3 rings (SSSR count). The summed E-state index contributed by atoms with van der Waals surface area (Å²) in [6.45, 7) is -4.70. The second-order valence-corrected chi connectivity index (χ2v) is 5.03. The topological polar surface area (TPSA) is 9.23 Å². The summed E-state index contributed by atoms with van der Waals surface area (Å²) in [6, 6.07) is 9.67. The summed E-state index contributed by atoms with van der Waals surface area (Å²) in [5.41, 5.74) is -0.598. The van der Waals surface area contributed by atoms with Crippen molar-refractivity contribution in [3.05, 3.63) is 36.4 Å². The average molecular weight is 304 g/mol. The molecule has 0 amide bonds. The van der Waals surface area contributed by atoms with Crippen LogP contribution in [0.5, 0.6) is 5.75 Å². The first-order valence-electron chi connectivity index (χ1n) is 6.40. The molecular formula is C14H13BF3KO. The van der Waals surface area contributed by atoms with Crippen LogP contribution in [-0.2, 0) is 0 Å².